The van der Waals surface area contributed by atoms with Crippen molar-refractivity contribution < 1.29 is 9.26 Å². The minimum atomic E-state index is 0.619. The van der Waals surface area contributed by atoms with Gasteiger partial charge in [0.2, 0.25) is 5.95 Å². The lowest BCUT2D eigenvalue weighted by Gasteiger charge is -2.27. The van der Waals surface area contributed by atoms with Gasteiger partial charge in [-0.05, 0) is 12.1 Å². The summed E-state index contributed by atoms with van der Waals surface area (Å²) in [5.74, 6) is 2.26. The number of thioether (sulfide) groups is 1. The molecule has 0 aliphatic carbocycles. The molecule has 0 amide bonds. The van der Waals surface area contributed by atoms with E-state index in [1.54, 1.807) is 11.8 Å². The molecule has 1 aliphatic rings. The van der Waals surface area contributed by atoms with Crippen molar-refractivity contribution in [3.05, 3.63) is 72.5 Å². The molecule has 2 aromatic heterocycles. The van der Waals surface area contributed by atoms with Crippen LogP contribution in [-0.4, -0.2) is 46.2 Å². The lowest BCUT2D eigenvalue weighted by atomic mass is 10.1. The van der Waals surface area contributed by atoms with Gasteiger partial charge in [-0.25, -0.2) is 0 Å². The van der Waals surface area contributed by atoms with Crippen molar-refractivity contribution in [3.63, 3.8) is 0 Å². The van der Waals surface area contributed by atoms with Gasteiger partial charge in [-0.15, -0.1) is 10.2 Å². The molecule has 0 atom stereocenters. The molecule has 0 bridgehead atoms. The number of rotatable bonds is 6. The summed E-state index contributed by atoms with van der Waals surface area (Å²) in [5, 5.41) is 14.0. The fraction of sp³-hybridized carbons (Fsp3) is 0.227. The fourth-order valence-corrected chi connectivity index (χ4v) is 4.21. The van der Waals surface area contributed by atoms with E-state index in [-0.39, 0.29) is 0 Å². The number of anilines is 1. The number of aromatic nitrogens is 4. The van der Waals surface area contributed by atoms with Gasteiger partial charge in [-0.3, -0.25) is 4.57 Å². The summed E-state index contributed by atoms with van der Waals surface area (Å²) in [6.45, 7) is 3.01. The van der Waals surface area contributed by atoms with Crippen molar-refractivity contribution in [2.75, 3.05) is 31.2 Å². The molecule has 152 valence electrons. The van der Waals surface area contributed by atoms with Gasteiger partial charge in [0, 0.05) is 24.7 Å². The van der Waals surface area contributed by atoms with E-state index < -0.39 is 0 Å². The second-order valence-electron chi connectivity index (χ2n) is 6.89. The van der Waals surface area contributed by atoms with E-state index in [9.17, 15) is 0 Å². The van der Waals surface area contributed by atoms with Crippen molar-refractivity contribution in [2.24, 2.45) is 0 Å². The summed E-state index contributed by atoms with van der Waals surface area (Å²) < 4.78 is 13.1. The molecule has 30 heavy (non-hydrogen) atoms. The van der Waals surface area contributed by atoms with Crippen LogP contribution in [0.15, 0.2) is 76.4 Å². The summed E-state index contributed by atoms with van der Waals surface area (Å²) in [7, 11) is 0. The molecule has 0 unspecified atom stereocenters. The maximum atomic E-state index is 5.55. The average Bonchev–Trinajstić information content (AvgIpc) is 3.47. The Bertz CT molecular complexity index is 1090. The zero-order chi connectivity index (χ0) is 20.2. The molecule has 5 rings (SSSR count). The smallest absolute Gasteiger partial charge is 0.232 e. The number of morpholine rings is 1. The first-order valence-electron chi connectivity index (χ1n) is 9.86. The fourth-order valence-electron chi connectivity index (χ4n) is 3.39. The number of nitrogens with zero attached hydrogens (tertiary/aromatic N) is 5. The van der Waals surface area contributed by atoms with Crippen LogP contribution in [0.5, 0.6) is 0 Å². The van der Waals surface area contributed by atoms with Gasteiger partial charge in [-0.1, -0.05) is 65.4 Å². The van der Waals surface area contributed by atoms with E-state index in [0.717, 1.165) is 46.9 Å². The normalized spacial score (nSPS) is 14.2. The molecule has 7 nitrogen and oxygen atoms in total. The number of hydrogen-bond donors (Lipinski definition) is 0. The molecule has 3 heterocycles. The zero-order valence-corrected chi connectivity index (χ0v) is 17.2. The number of benzene rings is 2. The monoisotopic (exact) mass is 419 g/mol. The Labute approximate surface area is 178 Å². The van der Waals surface area contributed by atoms with Crippen LogP contribution in [0.2, 0.25) is 0 Å². The van der Waals surface area contributed by atoms with Crippen LogP contribution in [0, 0.1) is 0 Å². The third-order valence-electron chi connectivity index (χ3n) is 4.90. The van der Waals surface area contributed by atoms with E-state index in [2.05, 4.69) is 37.0 Å². The quantitative estimate of drug-likeness (QED) is 0.437. The summed E-state index contributed by atoms with van der Waals surface area (Å²) in [5.41, 5.74) is 2.92. The largest absolute Gasteiger partial charge is 0.378 e. The Balaban J connectivity index is 1.39. The molecular weight excluding hydrogens is 398 g/mol. The van der Waals surface area contributed by atoms with Gasteiger partial charge in [0.25, 0.3) is 0 Å². The maximum absolute atomic E-state index is 5.55. The molecule has 0 spiro atoms. The lowest BCUT2D eigenvalue weighted by Crippen LogP contribution is -2.37. The standard InChI is InChI=1S/C22H21N5O2S/c1-3-7-17(8-4-1)20-15-19(29-25-20)16-30-22-24-23-21(26-11-13-28-14-12-26)27(22)18-9-5-2-6-10-18/h1-10,15H,11-14,16H2. The summed E-state index contributed by atoms with van der Waals surface area (Å²) in [4.78, 5) is 2.22. The summed E-state index contributed by atoms with van der Waals surface area (Å²) >= 11 is 1.59. The third-order valence-corrected chi connectivity index (χ3v) is 5.85. The van der Waals surface area contributed by atoms with Gasteiger partial charge >= 0.3 is 0 Å². The molecule has 4 aromatic rings. The van der Waals surface area contributed by atoms with Crippen LogP contribution in [0.4, 0.5) is 5.95 Å². The topological polar surface area (TPSA) is 69.2 Å². The first-order chi connectivity index (χ1) is 14.9. The SMILES string of the molecule is c1ccc(-c2cc(CSc3nnc(N4CCOCC4)n3-c3ccccc3)on2)cc1. The molecule has 2 aromatic carbocycles. The first kappa shape index (κ1) is 18.9. The molecule has 0 radical (unpaired) electrons. The minimum Gasteiger partial charge on any atom is -0.378 e. The molecule has 1 saturated heterocycles. The predicted molar refractivity (Wildman–Crippen MR) is 116 cm³/mol. The Hall–Kier alpha value is -3.10. The minimum absolute atomic E-state index is 0.619. The first-order valence-corrected chi connectivity index (χ1v) is 10.8. The Morgan fingerprint density at radius 2 is 1.63 bits per heavy atom. The zero-order valence-electron chi connectivity index (χ0n) is 16.3. The second kappa shape index (κ2) is 8.73. The number of hydrogen-bond acceptors (Lipinski definition) is 7. The van der Waals surface area contributed by atoms with E-state index in [0.29, 0.717) is 19.0 Å². The van der Waals surface area contributed by atoms with Gasteiger partial charge < -0.3 is 14.2 Å². The van der Waals surface area contributed by atoms with Crippen LogP contribution in [0.25, 0.3) is 16.9 Å². The van der Waals surface area contributed by atoms with E-state index in [1.807, 2.05) is 54.6 Å². The van der Waals surface area contributed by atoms with Crippen LogP contribution < -0.4 is 4.90 Å². The summed E-state index contributed by atoms with van der Waals surface area (Å²) in [6.07, 6.45) is 0. The third kappa shape index (κ3) is 3.96. The number of ether oxygens (including phenoxy) is 1. The predicted octanol–water partition coefficient (Wildman–Crippen LogP) is 4.05. The van der Waals surface area contributed by atoms with Crippen LogP contribution in [0.1, 0.15) is 5.76 Å². The highest BCUT2D eigenvalue weighted by Crippen LogP contribution is 2.30. The summed E-state index contributed by atoms with van der Waals surface area (Å²) in [6, 6.07) is 22.2. The van der Waals surface area contributed by atoms with Crippen LogP contribution in [0.3, 0.4) is 0 Å². The van der Waals surface area contributed by atoms with Gasteiger partial charge in [0.15, 0.2) is 5.16 Å². The second-order valence-corrected chi connectivity index (χ2v) is 7.83. The average molecular weight is 420 g/mol. The maximum Gasteiger partial charge on any atom is 0.232 e. The van der Waals surface area contributed by atoms with E-state index in [1.165, 1.54) is 0 Å². The highest BCUT2D eigenvalue weighted by atomic mass is 32.2. The molecule has 8 heteroatoms. The molecular formula is C22H21N5O2S. The Morgan fingerprint density at radius 1 is 0.900 bits per heavy atom. The Kier molecular flexibility index (Phi) is 5.50. The highest BCUT2D eigenvalue weighted by Gasteiger charge is 2.22. The van der Waals surface area contributed by atoms with Crippen LogP contribution >= 0.6 is 11.8 Å². The lowest BCUT2D eigenvalue weighted by molar-refractivity contribution is 0.122. The van der Waals surface area contributed by atoms with Crippen molar-refractivity contribution in [3.8, 4) is 16.9 Å². The van der Waals surface area contributed by atoms with Crippen molar-refractivity contribution in [1.29, 1.82) is 0 Å². The van der Waals surface area contributed by atoms with Crippen LogP contribution in [-0.2, 0) is 10.5 Å². The van der Waals surface area contributed by atoms with Crippen molar-refractivity contribution >= 4 is 17.7 Å². The van der Waals surface area contributed by atoms with Gasteiger partial charge in [0.05, 0.1) is 24.7 Å². The van der Waals surface area contributed by atoms with Gasteiger partial charge in [-0.2, -0.15) is 0 Å². The van der Waals surface area contributed by atoms with E-state index in [4.69, 9.17) is 9.26 Å². The van der Waals surface area contributed by atoms with Crippen molar-refractivity contribution in [2.45, 2.75) is 10.9 Å². The molecule has 0 N–H and O–H groups in total. The highest BCUT2D eigenvalue weighted by molar-refractivity contribution is 7.98. The Morgan fingerprint density at radius 3 is 2.40 bits per heavy atom. The number of para-hydroxylation sites is 1. The molecule has 1 aliphatic heterocycles. The van der Waals surface area contributed by atoms with Gasteiger partial charge in [0.1, 0.15) is 11.5 Å². The van der Waals surface area contributed by atoms with Crippen molar-refractivity contribution in [1.82, 2.24) is 19.9 Å². The van der Waals surface area contributed by atoms with E-state index >= 15 is 0 Å². The molecule has 1 fully saturated rings. The molecule has 0 saturated carbocycles.